The van der Waals surface area contributed by atoms with Gasteiger partial charge in [-0.05, 0) is 37.5 Å². The highest BCUT2D eigenvalue weighted by atomic mass is 32.2. The standard InChI is InChI=1S/C20H26F2N4O5S/c1-13-24-18(12-25(13)2)32(28,29)26-8-6-15(7-9-26)19(27)23-11-14-4-5-16(30-3)17(10-14)31-20(21)22/h4-5,10,12,15,20H,6-9,11H2,1-3H3,(H,23,27). The predicted molar refractivity (Wildman–Crippen MR) is 111 cm³/mol. The molecule has 32 heavy (non-hydrogen) atoms. The fourth-order valence-electron chi connectivity index (χ4n) is 3.49. The highest BCUT2D eigenvalue weighted by molar-refractivity contribution is 7.89. The van der Waals surface area contributed by atoms with E-state index in [1.54, 1.807) is 24.6 Å². The van der Waals surface area contributed by atoms with E-state index in [1.807, 2.05) is 0 Å². The summed E-state index contributed by atoms with van der Waals surface area (Å²) in [6.07, 6.45) is 2.22. The van der Waals surface area contributed by atoms with Gasteiger partial charge in [-0.2, -0.15) is 13.1 Å². The first-order valence-electron chi connectivity index (χ1n) is 10.0. The quantitative estimate of drug-likeness (QED) is 0.631. The molecule has 1 saturated heterocycles. The summed E-state index contributed by atoms with van der Waals surface area (Å²) in [5.74, 6) is 0.0814. The van der Waals surface area contributed by atoms with Crippen LogP contribution in [0.2, 0.25) is 0 Å². The smallest absolute Gasteiger partial charge is 0.387 e. The van der Waals surface area contributed by atoms with Crippen molar-refractivity contribution in [3.05, 3.63) is 35.8 Å². The first-order chi connectivity index (χ1) is 15.1. The lowest BCUT2D eigenvalue weighted by Gasteiger charge is -2.30. The first-order valence-corrected chi connectivity index (χ1v) is 11.5. The Bertz CT molecular complexity index is 1050. The number of nitrogens with one attached hydrogen (secondary N) is 1. The van der Waals surface area contributed by atoms with Crippen molar-refractivity contribution in [2.45, 2.75) is 37.9 Å². The molecule has 3 rings (SSSR count). The van der Waals surface area contributed by atoms with Gasteiger partial charge in [-0.15, -0.1) is 0 Å². The number of aromatic nitrogens is 2. The van der Waals surface area contributed by atoms with E-state index < -0.39 is 16.6 Å². The number of nitrogens with zero attached hydrogens (tertiary/aromatic N) is 3. The zero-order valence-corrected chi connectivity index (χ0v) is 18.9. The highest BCUT2D eigenvalue weighted by Gasteiger charge is 2.33. The average molecular weight is 473 g/mol. The number of ether oxygens (including phenoxy) is 2. The van der Waals surface area contributed by atoms with Gasteiger partial charge in [0.1, 0.15) is 5.82 Å². The Balaban J connectivity index is 1.56. The van der Waals surface area contributed by atoms with E-state index in [0.717, 1.165) is 0 Å². The topological polar surface area (TPSA) is 103 Å². The number of methoxy groups -OCH3 is 1. The van der Waals surface area contributed by atoms with Crippen molar-refractivity contribution in [1.82, 2.24) is 19.2 Å². The van der Waals surface area contributed by atoms with Gasteiger partial charge >= 0.3 is 6.61 Å². The van der Waals surface area contributed by atoms with Crippen LogP contribution in [0, 0.1) is 12.8 Å². The van der Waals surface area contributed by atoms with Crippen molar-refractivity contribution in [1.29, 1.82) is 0 Å². The van der Waals surface area contributed by atoms with E-state index in [0.29, 0.717) is 24.2 Å². The summed E-state index contributed by atoms with van der Waals surface area (Å²) in [7, 11) is -0.637. The van der Waals surface area contributed by atoms with Gasteiger partial charge in [0.25, 0.3) is 10.0 Å². The van der Waals surface area contributed by atoms with E-state index >= 15 is 0 Å². The summed E-state index contributed by atoms with van der Waals surface area (Å²) in [4.78, 5) is 16.7. The number of imidazole rings is 1. The minimum absolute atomic E-state index is 0.00160. The fraction of sp³-hybridized carbons (Fsp3) is 0.500. The molecule has 0 bridgehead atoms. The van der Waals surface area contributed by atoms with Crippen LogP contribution in [-0.2, 0) is 28.4 Å². The van der Waals surface area contributed by atoms with Crippen molar-refractivity contribution >= 4 is 15.9 Å². The molecule has 1 amide bonds. The van der Waals surface area contributed by atoms with Crippen LogP contribution in [0.3, 0.4) is 0 Å². The monoisotopic (exact) mass is 472 g/mol. The molecule has 0 spiro atoms. The third kappa shape index (κ3) is 5.36. The SMILES string of the molecule is COc1ccc(CNC(=O)C2CCN(S(=O)(=O)c3cn(C)c(C)n3)CC2)cc1OC(F)F. The molecule has 1 aliphatic heterocycles. The summed E-state index contributed by atoms with van der Waals surface area (Å²) in [5, 5.41) is 2.78. The maximum atomic E-state index is 12.8. The molecule has 0 atom stereocenters. The van der Waals surface area contributed by atoms with Crippen molar-refractivity contribution in [2.24, 2.45) is 13.0 Å². The fourth-order valence-corrected chi connectivity index (χ4v) is 4.99. The lowest BCUT2D eigenvalue weighted by Crippen LogP contribution is -2.43. The number of amides is 1. The molecule has 0 unspecified atom stereocenters. The van der Waals surface area contributed by atoms with Gasteiger partial charge in [0.05, 0.1) is 7.11 Å². The van der Waals surface area contributed by atoms with Crippen molar-refractivity contribution < 1.29 is 31.5 Å². The molecule has 0 radical (unpaired) electrons. The number of hydrogen-bond acceptors (Lipinski definition) is 6. The second-order valence-corrected chi connectivity index (χ2v) is 9.38. The number of alkyl halides is 2. The van der Waals surface area contributed by atoms with Crippen LogP contribution >= 0.6 is 0 Å². The highest BCUT2D eigenvalue weighted by Crippen LogP contribution is 2.29. The number of piperidine rings is 1. The zero-order valence-electron chi connectivity index (χ0n) is 18.0. The van der Waals surface area contributed by atoms with Crippen LogP contribution in [0.25, 0.3) is 0 Å². The predicted octanol–water partition coefficient (Wildman–Crippen LogP) is 2.06. The molecule has 1 fully saturated rings. The number of sulfonamides is 1. The van der Waals surface area contributed by atoms with E-state index in [-0.39, 0.29) is 48.0 Å². The van der Waals surface area contributed by atoms with Gasteiger partial charge in [0.2, 0.25) is 5.91 Å². The molecular weight excluding hydrogens is 446 g/mol. The second kappa shape index (κ2) is 9.82. The van der Waals surface area contributed by atoms with Crippen LogP contribution in [-0.4, -0.2) is 55.0 Å². The van der Waals surface area contributed by atoms with Gasteiger partial charge in [-0.3, -0.25) is 4.79 Å². The summed E-state index contributed by atoms with van der Waals surface area (Å²) >= 11 is 0. The number of rotatable bonds is 8. The molecule has 1 aliphatic rings. The first kappa shape index (κ1) is 23.9. The van der Waals surface area contributed by atoms with Gasteiger partial charge in [0, 0.05) is 38.8 Å². The normalized spacial score (nSPS) is 15.7. The summed E-state index contributed by atoms with van der Waals surface area (Å²) in [6.45, 7) is -0.726. The van der Waals surface area contributed by atoms with Gasteiger partial charge in [-0.1, -0.05) is 6.07 Å². The number of carbonyl (C=O) groups excluding carboxylic acids is 1. The van der Waals surface area contributed by atoms with Crippen LogP contribution in [0.15, 0.2) is 29.4 Å². The third-order valence-electron chi connectivity index (χ3n) is 5.43. The van der Waals surface area contributed by atoms with E-state index in [4.69, 9.17) is 4.74 Å². The molecule has 2 aromatic rings. The number of benzene rings is 1. The maximum absolute atomic E-state index is 12.8. The summed E-state index contributed by atoms with van der Waals surface area (Å²) in [6, 6.07) is 4.51. The number of halogens is 2. The van der Waals surface area contributed by atoms with Crippen LogP contribution in [0.4, 0.5) is 8.78 Å². The molecule has 1 aromatic carbocycles. The molecule has 9 nitrogen and oxygen atoms in total. The van der Waals surface area contributed by atoms with Crippen LogP contribution in [0.5, 0.6) is 11.5 Å². The molecule has 1 N–H and O–H groups in total. The summed E-state index contributed by atoms with van der Waals surface area (Å²) in [5.41, 5.74) is 0.570. The van der Waals surface area contributed by atoms with Gasteiger partial charge < -0.3 is 19.4 Å². The second-order valence-electron chi connectivity index (χ2n) is 7.50. The summed E-state index contributed by atoms with van der Waals surface area (Å²) < 4.78 is 63.1. The van der Waals surface area contributed by atoms with Gasteiger partial charge in [0.15, 0.2) is 16.5 Å². The number of hydrogen-bond donors (Lipinski definition) is 1. The average Bonchev–Trinajstić information content (AvgIpc) is 3.11. The lowest BCUT2D eigenvalue weighted by molar-refractivity contribution is -0.126. The Labute approximate surface area is 185 Å². The number of aryl methyl sites for hydroxylation is 2. The molecule has 12 heteroatoms. The lowest BCUT2D eigenvalue weighted by atomic mass is 9.97. The minimum Gasteiger partial charge on any atom is -0.493 e. The molecule has 0 aliphatic carbocycles. The molecular formula is C20H26F2N4O5S. The Morgan fingerprint density at radius 3 is 2.53 bits per heavy atom. The molecule has 1 aromatic heterocycles. The van der Waals surface area contributed by atoms with Crippen molar-refractivity contribution in [3.8, 4) is 11.5 Å². The third-order valence-corrected chi connectivity index (χ3v) is 7.20. The van der Waals surface area contributed by atoms with E-state index in [9.17, 15) is 22.0 Å². The van der Waals surface area contributed by atoms with Crippen LogP contribution < -0.4 is 14.8 Å². The van der Waals surface area contributed by atoms with E-state index in [2.05, 4.69) is 15.0 Å². The largest absolute Gasteiger partial charge is 0.493 e. The Hall–Kier alpha value is -2.73. The van der Waals surface area contributed by atoms with Crippen molar-refractivity contribution in [2.75, 3.05) is 20.2 Å². The molecule has 176 valence electrons. The van der Waals surface area contributed by atoms with E-state index in [1.165, 1.54) is 29.7 Å². The molecule has 2 heterocycles. The Kier molecular flexibility index (Phi) is 7.34. The Morgan fingerprint density at radius 2 is 1.97 bits per heavy atom. The van der Waals surface area contributed by atoms with Crippen LogP contribution in [0.1, 0.15) is 24.2 Å². The van der Waals surface area contributed by atoms with Gasteiger partial charge in [-0.25, -0.2) is 13.4 Å². The zero-order chi connectivity index (χ0) is 23.5. The minimum atomic E-state index is -3.71. The van der Waals surface area contributed by atoms with Crippen molar-refractivity contribution in [3.63, 3.8) is 0 Å². The number of carbonyl (C=O) groups is 1. The molecule has 0 saturated carbocycles. The Morgan fingerprint density at radius 1 is 1.28 bits per heavy atom. The maximum Gasteiger partial charge on any atom is 0.387 e.